The number of aromatic nitrogens is 1. The number of nitrogens with zero attached hydrogens (tertiary/aromatic N) is 2. The van der Waals surface area contributed by atoms with Gasteiger partial charge < -0.3 is 5.32 Å². The molecule has 1 amide bonds. The Morgan fingerprint density at radius 3 is 2.71 bits per heavy atom. The van der Waals surface area contributed by atoms with Crippen LogP contribution in [0.1, 0.15) is 28.8 Å². The highest BCUT2D eigenvalue weighted by molar-refractivity contribution is 7.89. The van der Waals surface area contributed by atoms with Gasteiger partial charge in [0.1, 0.15) is 0 Å². The number of carbonyl (C=O) groups excluding carboxylic acids is 1. The second kappa shape index (κ2) is 5.39. The third-order valence-electron chi connectivity index (χ3n) is 4.52. The summed E-state index contributed by atoms with van der Waals surface area (Å²) in [4.78, 5) is 15.9. The number of fused-ring (bicyclic) bond motifs is 2. The maximum absolute atomic E-state index is 13.0. The van der Waals surface area contributed by atoms with Crippen LogP contribution in [0.25, 0.3) is 0 Å². The lowest BCUT2D eigenvalue weighted by Crippen LogP contribution is -2.26. The van der Waals surface area contributed by atoms with Gasteiger partial charge in [-0.3, -0.25) is 9.78 Å². The third-order valence-corrected chi connectivity index (χ3v) is 6.31. The van der Waals surface area contributed by atoms with Crippen molar-refractivity contribution in [1.82, 2.24) is 9.29 Å². The third kappa shape index (κ3) is 2.50. The molecule has 1 N–H and O–H groups in total. The fourth-order valence-corrected chi connectivity index (χ4v) is 4.66. The molecule has 0 saturated carbocycles. The molecule has 6 nitrogen and oxygen atoms in total. The molecule has 2 aromatic rings. The smallest absolute Gasteiger partial charge is 0.243 e. The fraction of sp³-hybridized carbons (Fsp3) is 0.294. The zero-order valence-electron chi connectivity index (χ0n) is 13.2. The maximum Gasteiger partial charge on any atom is 0.243 e. The molecule has 24 heavy (non-hydrogen) atoms. The van der Waals surface area contributed by atoms with Crippen LogP contribution in [0.4, 0.5) is 5.69 Å². The van der Waals surface area contributed by atoms with E-state index >= 15 is 0 Å². The van der Waals surface area contributed by atoms with Crippen molar-refractivity contribution in [3.05, 3.63) is 52.8 Å². The normalized spacial score (nSPS) is 17.3. The molecule has 0 bridgehead atoms. The van der Waals surface area contributed by atoms with Crippen LogP contribution in [-0.2, 0) is 34.3 Å². The number of nitrogens with one attached hydrogen (secondary N) is 1. The highest BCUT2D eigenvalue weighted by Gasteiger charge is 2.31. The van der Waals surface area contributed by atoms with E-state index in [9.17, 15) is 13.2 Å². The van der Waals surface area contributed by atoms with Crippen LogP contribution in [0.2, 0.25) is 0 Å². The van der Waals surface area contributed by atoms with E-state index in [-0.39, 0.29) is 10.8 Å². The number of anilines is 1. The van der Waals surface area contributed by atoms with Gasteiger partial charge in [0.15, 0.2) is 0 Å². The highest BCUT2D eigenvalue weighted by Crippen LogP contribution is 2.31. The van der Waals surface area contributed by atoms with Gasteiger partial charge in [-0.05, 0) is 54.3 Å². The Balaban J connectivity index is 1.66. The first-order valence-electron chi connectivity index (χ1n) is 7.81. The van der Waals surface area contributed by atoms with Crippen molar-refractivity contribution in [2.24, 2.45) is 0 Å². The van der Waals surface area contributed by atoms with E-state index in [1.165, 1.54) is 4.31 Å². The Morgan fingerprint density at radius 2 is 1.88 bits per heavy atom. The summed E-state index contributed by atoms with van der Waals surface area (Å²) in [5.41, 5.74) is 4.42. The summed E-state index contributed by atoms with van der Waals surface area (Å²) in [6.45, 7) is 2.61. The van der Waals surface area contributed by atoms with Gasteiger partial charge in [0.25, 0.3) is 0 Å². The van der Waals surface area contributed by atoms with Crippen molar-refractivity contribution in [3.63, 3.8) is 0 Å². The zero-order valence-corrected chi connectivity index (χ0v) is 14.1. The number of hydrogen-bond donors (Lipinski definition) is 1. The molecule has 3 heterocycles. The molecule has 7 heteroatoms. The average Bonchev–Trinajstić information content (AvgIpc) is 2.98. The Hall–Kier alpha value is -2.25. The van der Waals surface area contributed by atoms with Crippen molar-refractivity contribution < 1.29 is 13.2 Å². The van der Waals surface area contributed by atoms with Crippen LogP contribution in [0.5, 0.6) is 0 Å². The Labute approximate surface area is 140 Å². The molecule has 124 valence electrons. The maximum atomic E-state index is 13.0. The van der Waals surface area contributed by atoms with Gasteiger partial charge in [-0.15, -0.1) is 0 Å². The Bertz CT molecular complexity index is 954. The second-order valence-corrected chi connectivity index (χ2v) is 8.17. The number of amides is 1. The first-order chi connectivity index (χ1) is 11.4. The Morgan fingerprint density at radius 1 is 1.08 bits per heavy atom. The number of aryl methyl sites for hydroxylation is 2. The Kier molecular flexibility index (Phi) is 3.43. The molecule has 0 saturated heterocycles. The minimum absolute atomic E-state index is 0.0315. The summed E-state index contributed by atoms with van der Waals surface area (Å²) in [6.07, 6.45) is 2.70. The summed E-state index contributed by atoms with van der Waals surface area (Å²) in [5.74, 6) is -0.0315. The predicted octanol–water partition coefficient (Wildman–Crippen LogP) is 1.98. The second-order valence-electron chi connectivity index (χ2n) is 6.23. The number of hydrogen-bond acceptors (Lipinski definition) is 4. The average molecular weight is 343 g/mol. The number of rotatable bonds is 2. The number of sulfonamides is 1. The first kappa shape index (κ1) is 15.3. The van der Waals surface area contributed by atoms with Crippen molar-refractivity contribution in [3.8, 4) is 0 Å². The van der Waals surface area contributed by atoms with Crippen LogP contribution in [0.15, 0.2) is 35.4 Å². The molecule has 0 fully saturated rings. The molecule has 1 aromatic heterocycles. The molecule has 1 aromatic carbocycles. The van der Waals surface area contributed by atoms with Gasteiger partial charge in [0.05, 0.1) is 4.90 Å². The van der Waals surface area contributed by atoms with Gasteiger partial charge in [-0.25, -0.2) is 8.42 Å². The van der Waals surface area contributed by atoms with Gasteiger partial charge in [-0.2, -0.15) is 4.31 Å². The number of benzene rings is 1. The molecule has 0 radical (unpaired) electrons. The quantitative estimate of drug-likeness (QED) is 0.904. The van der Waals surface area contributed by atoms with Crippen LogP contribution in [0.3, 0.4) is 0 Å². The minimum atomic E-state index is -3.57. The zero-order chi connectivity index (χ0) is 16.9. The van der Waals surface area contributed by atoms with Crippen molar-refractivity contribution >= 4 is 21.6 Å². The molecule has 0 aliphatic carbocycles. The molecular formula is C17H17N3O3S. The van der Waals surface area contributed by atoms with E-state index in [0.717, 1.165) is 22.4 Å². The molecule has 0 unspecified atom stereocenters. The monoisotopic (exact) mass is 343 g/mol. The van der Waals surface area contributed by atoms with Crippen molar-refractivity contribution in [2.45, 2.75) is 37.8 Å². The van der Waals surface area contributed by atoms with Crippen LogP contribution >= 0.6 is 0 Å². The topological polar surface area (TPSA) is 79.4 Å². The molecule has 2 aliphatic heterocycles. The van der Waals surface area contributed by atoms with Gasteiger partial charge in [0, 0.05) is 37.1 Å². The summed E-state index contributed by atoms with van der Waals surface area (Å²) in [6, 6.07) is 6.85. The molecule has 2 aliphatic rings. The summed E-state index contributed by atoms with van der Waals surface area (Å²) >= 11 is 0. The van der Waals surface area contributed by atoms with Gasteiger partial charge in [0.2, 0.25) is 15.9 Å². The molecular weight excluding hydrogens is 326 g/mol. The van der Waals surface area contributed by atoms with E-state index in [2.05, 4.69) is 10.3 Å². The lowest BCUT2D eigenvalue weighted by Gasteiger charge is -2.20. The first-order valence-corrected chi connectivity index (χ1v) is 9.25. The van der Waals surface area contributed by atoms with Gasteiger partial charge >= 0.3 is 0 Å². The molecule has 0 spiro atoms. The summed E-state index contributed by atoms with van der Waals surface area (Å²) in [7, 11) is -3.57. The van der Waals surface area contributed by atoms with Crippen molar-refractivity contribution in [2.75, 3.05) is 5.32 Å². The van der Waals surface area contributed by atoms with Gasteiger partial charge in [-0.1, -0.05) is 0 Å². The molecule has 0 atom stereocenters. The van der Waals surface area contributed by atoms with Crippen LogP contribution in [-0.4, -0.2) is 23.6 Å². The lowest BCUT2D eigenvalue weighted by molar-refractivity contribution is -0.116. The summed E-state index contributed by atoms with van der Waals surface area (Å²) in [5, 5.41) is 2.77. The van der Waals surface area contributed by atoms with E-state index in [4.69, 9.17) is 0 Å². The number of carbonyl (C=O) groups is 1. The SMILES string of the molecule is Cc1cc2c(cn1)CN(S(=O)(=O)c1ccc3c(c1)CCC(=O)N3)C2. The molecule has 4 rings (SSSR count). The predicted molar refractivity (Wildman–Crippen MR) is 88.8 cm³/mol. The van der Waals surface area contributed by atoms with Crippen molar-refractivity contribution in [1.29, 1.82) is 0 Å². The van der Waals surface area contributed by atoms with E-state index in [1.807, 2.05) is 13.0 Å². The largest absolute Gasteiger partial charge is 0.326 e. The standard InChI is InChI=1S/C17H17N3O3S/c1-11-6-13-9-20(10-14(13)8-18-11)24(22,23)15-3-4-16-12(7-15)2-5-17(21)19-16/h3-4,6-8H,2,5,9-10H2,1H3,(H,19,21). The van der Waals surface area contributed by atoms with Crippen LogP contribution < -0.4 is 5.32 Å². The van der Waals surface area contributed by atoms with Crippen LogP contribution in [0, 0.1) is 6.92 Å². The van der Waals surface area contributed by atoms with E-state index in [1.54, 1.807) is 24.4 Å². The highest BCUT2D eigenvalue weighted by atomic mass is 32.2. The number of pyridine rings is 1. The lowest BCUT2D eigenvalue weighted by atomic mass is 10.0. The van der Waals surface area contributed by atoms with E-state index < -0.39 is 10.0 Å². The van der Waals surface area contributed by atoms with E-state index in [0.29, 0.717) is 31.6 Å². The summed E-state index contributed by atoms with van der Waals surface area (Å²) < 4.78 is 27.4. The fourth-order valence-electron chi connectivity index (χ4n) is 3.21. The minimum Gasteiger partial charge on any atom is -0.326 e.